The SMILES string of the molecule is CCOC(=O)/C=C/C(N)CCC1CCCCC1. The first-order valence-corrected chi connectivity index (χ1v) is 6.83. The predicted molar refractivity (Wildman–Crippen MR) is 69.6 cm³/mol. The summed E-state index contributed by atoms with van der Waals surface area (Å²) < 4.78 is 4.81. The van der Waals surface area contributed by atoms with Crippen LogP contribution in [0.5, 0.6) is 0 Å². The Balaban J connectivity index is 2.15. The Morgan fingerprint density at radius 3 is 2.76 bits per heavy atom. The first-order valence-electron chi connectivity index (χ1n) is 6.83. The summed E-state index contributed by atoms with van der Waals surface area (Å²) >= 11 is 0. The molecule has 0 bridgehead atoms. The van der Waals surface area contributed by atoms with Crippen molar-refractivity contribution >= 4 is 5.97 Å². The van der Waals surface area contributed by atoms with E-state index in [0.717, 1.165) is 12.3 Å². The van der Waals surface area contributed by atoms with Crippen molar-refractivity contribution in [1.29, 1.82) is 0 Å². The van der Waals surface area contributed by atoms with E-state index in [1.165, 1.54) is 44.6 Å². The highest BCUT2D eigenvalue weighted by molar-refractivity contribution is 5.81. The van der Waals surface area contributed by atoms with Gasteiger partial charge in [0.05, 0.1) is 6.61 Å². The van der Waals surface area contributed by atoms with Gasteiger partial charge in [0.2, 0.25) is 0 Å². The molecule has 1 aliphatic carbocycles. The highest BCUT2D eigenvalue weighted by Gasteiger charge is 2.13. The summed E-state index contributed by atoms with van der Waals surface area (Å²) in [5, 5.41) is 0. The number of hydrogen-bond acceptors (Lipinski definition) is 3. The molecule has 0 saturated heterocycles. The van der Waals surface area contributed by atoms with E-state index in [2.05, 4.69) is 0 Å². The summed E-state index contributed by atoms with van der Waals surface area (Å²) in [5.41, 5.74) is 5.94. The average Bonchev–Trinajstić information content (AvgIpc) is 2.35. The fourth-order valence-corrected chi connectivity index (χ4v) is 2.39. The van der Waals surface area contributed by atoms with E-state index in [-0.39, 0.29) is 12.0 Å². The van der Waals surface area contributed by atoms with Gasteiger partial charge in [-0.3, -0.25) is 0 Å². The quantitative estimate of drug-likeness (QED) is 0.573. The molecule has 0 amide bonds. The van der Waals surface area contributed by atoms with E-state index < -0.39 is 0 Å². The first-order chi connectivity index (χ1) is 8.22. The molecule has 0 aliphatic heterocycles. The van der Waals surface area contributed by atoms with Crippen molar-refractivity contribution in [3.63, 3.8) is 0 Å². The van der Waals surface area contributed by atoms with Crippen LogP contribution in [0.15, 0.2) is 12.2 Å². The normalized spacial score (nSPS) is 19.4. The minimum atomic E-state index is -0.291. The molecule has 0 radical (unpaired) electrons. The van der Waals surface area contributed by atoms with Crippen LogP contribution >= 0.6 is 0 Å². The van der Waals surface area contributed by atoms with Crippen LogP contribution in [0, 0.1) is 5.92 Å². The molecule has 3 heteroatoms. The molecule has 0 aromatic heterocycles. The van der Waals surface area contributed by atoms with E-state index >= 15 is 0 Å². The zero-order valence-electron chi connectivity index (χ0n) is 10.9. The van der Waals surface area contributed by atoms with Crippen molar-refractivity contribution in [3.05, 3.63) is 12.2 Å². The van der Waals surface area contributed by atoms with Gasteiger partial charge in [0, 0.05) is 12.1 Å². The van der Waals surface area contributed by atoms with Gasteiger partial charge in [0.25, 0.3) is 0 Å². The summed E-state index contributed by atoms with van der Waals surface area (Å²) in [6.45, 7) is 2.22. The van der Waals surface area contributed by atoms with E-state index in [9.17, 15) is 4.79 Å². The smallest absolute Gasteiger partial charge is 0.330 e. The monoisotopic (exact) mass is 239 g/mol. The van der Waals surface area contributed by atoms with Crippen LogP contribution in [0.3, 0.4) is 0 Å². The van der Waals surface area contributed by atoms with Crippen LogP contribution in [0.4, 0.5) is 0 Å². The molecular weight excluding hydrogens is 214 g/mol. The highest BCUT2D eigenvalue weighted by Crippen LogP contribution is 2.27. The summed E-state index contributed by atoms with van der Waals surface area (Å²) in [7, 11) is 0. The summed E-state index contributed by atoms with van der Waals surface area (Å²) in [4.78, 5) is 11.1. The summed E-state index contributed by atoms with van der Waals surface area (Å²) in [5.74, 6) is 0.561. The van der Waals surface area contributed by atoms with Crippen LogP contribution in [-0.2, 0) is 9.53 Å². The van der Waals surface area contributed by atoms with E-state index in [4.69, 9.17) is 10.5 Å². The molecule has 1 unspecified atom stereocenters. The first kappa shape index (κ1) is 14.2. The van der Waals surface area contributed by atoms with Crippen LogP contribution in [0.1, 0.15) is 51.9 Å². The Kier molecular flexibility index (Phi) is 6.94. The summed E-state index contributed by atoms with van der Waals surface area (Å²) in [6, 6.07) is -0.0127. The van der Waals surface area contributed by atoms with Crippen molar-refractivity contribution in [2.45, 2.75) is 57.9 Å². The van der Waals surface area contributed by atoms with Gasteiger partial charge in [0.15, 0.2) is 0 Å². The Hall–Kier alpha value is -0.830. The molecule has 17 heavy (non-hydrogen) atoms. The maximum absolute atomic E-state index is 11.1. The van der Waals surface area contributed by atoms with Crippen molar-refractivity contribution in [1.82, 2.24) is 0 Å². The second-order valence-electron chi connectivity index (χ2n) is 4.86. The largest absolute Gasteiger partial charge is 0.463 e. The van der Waals surface area contributed by atoms with Gasteiger partial charge in [-0.25, -0.2) is 4.79 Å². The van der Waals surface area contributed by atoms with Crippen molar-refractivity contribution in [2.24, 2.45) is 11.7 Å². The third-order valence-corrected chi connectivity index (χ3v) is 3.40. The van der Waals surface area contributed by atoms with Crippen LogP contribution in [0.25, 0.3) is 0 Å². The zero-order chi connectivity index (χ0) is 12.5. The van der Waals surface area contributed by atoms with Crippen LogP contribution in [-0.4, -0.2) is 18.6 Å². The zero-order valence-corrected chi connectivity index (χ0v) is 10.9. The number of carbonyl (C=O) groups is 1. The van der Waals surface area contributed by atoms with Crippen LogP contribution < -0.4 is 5.73 Å². The number of rotatable bonds is 6. The molecule has 1 atom stereocenters. The molecular formula is C14H25NO2. The minimum absolute atomic E-state index is 0.0127. The fourth-order valence-electron chi connectivity index (χ4n) is 2.39. The number of carbonyl (C=O) groups excluding carboxylic acids is 1. The van der Waals surface area contributed by atoms with Gasteiger partial charge >= 0.3 is 5.97 Å². The molecule has 0 spiro atoms. The lowest BCUT2D eigenvalue weighted by molar-refractivity contribution is -0.137. The lowest BCUT2D eigenvalue weighted by Crippen LogP contribution is -2.19. The lowest BCUT2D eigenvalue weighted by Gasteiger charge is -2.22. The third-order valence-electron chi connectivity index (χ3n) is 3.40. The molecule has 1 rings (SSSR count). The Morgan fingerprint density at radius 1 is 1.41 bits per heavy atom. The third kappa shape index (κ3) is 6.47. The second-order valence-corrected chi connectivity index (χ2v) is 4.86. The van der Waals surface area contributed by atoms with Crippen molar-refractivity contribution < 1.29 is 9.53 Å². The Bertz CT molecular complexity index is 245. The van der Waals surface area contributed by atoms with Crippen molar-refractivity contribution in [2.75, 3.05) is 6.61 Å². The molecule has 1 saturated carbocycles. The van der Waals surface area contributed by atoms with E-state index in [0.29, 0.717) is 6.61 Å². The average molecular weight is 239 g/mol. The molecule has 2 N–H and O–H groups in total. The van der Waals surface area contributed by atoms with Gasteiger partial charge in [-0.2, -0.15) is 0 Å². The minimum Gasteiger partial charge on any atom is -0.463 e. The highest BCUT2D eigenvalue weighted by atomic mass is 16.5. The summed E-state index contributed by atoms with van der Waals surface area (Å²) in [6.07, 6.45) is 12.2. The maximum Gasteiger partial charge on any atom is 0.330 e. The standard InChI is InChI=1S/C14H25NO2/c1-2-17-14(16)11-10-13(15)9-8-12-6-4-3-5-7-12/h10-13H,2-9,15H2,1H3/b11-10+. The molecule has 3 nitrogen and oxygen atoms in total. The van der Waals surface area contributed by atoms with Gasteiger partial charge in [-0.15, -0.1) is 0 Å². The number of esters is 1. The molecule has 0 aromatic carbocycles. The predicted octanol–water partition coefficient (Wildman–Crippen LogP) is 2.79. The Morgan fingerprint density at radius 2 is 2.12 bits per heavy atom. The number of ether oxygens (including phenoxy) is 1. The second kappa shape index (κ2) is 8.29. The van der Waals surface area contributed by atoms with Crippen molar-refractivity contribution in [3.8, 4) is 0 Å². The molecule has 0 heterocycles. The Labute approximate surface area is 104 Å². The van der Waals surface area contributed by atoms with E-state index in [1.54, 1.807) is 13.0 Å². The number of hydrogen-bond donors (Lipinski definition) is 1. The van der Waals surface area contributed by atoms with Gasteiger partial charge in [-0.1, -0.05) is 38.2 Å². The van der Waals surface area contributed by atoms with Gasteiger partial charge in [-0.05, 0) is 25.7 Å². The van der Waals surface area contributed by atoms with E-state index in [1.807, 2.05) is 0 Å². The fraction of sp³-hybridized carbons (Fsp3) is 0.786. The van der Waals surface area contributed by atoms with Crippen LogP contribution in [0.2, 0.25) is 0 Å². The van der Waals surface area contributed by atoms with Gasteiger partial charge in [0.1, 0.15) is 0 Å². The number of nitrogens with two attached hydrogens (primary N) is 1. The lowest BCUT2D eigenvalue weighted by atomic mass is 9.85. The molecule has 0 aromatic rings. The molecule has 98 valence electrons. The molecule has 1 fully saturated rings. The topological polar surface area (TPSA) is 52.3 Å². The maximum atomic E-state index is 11.1. The molecule has 1 aliphatic rings. The van der Waals surface area contributed by atoms with Gasteiger partial charge < -0.3 is 10.5 Å².